The fourth-order valence-corrected chi connectivity index (χ4v) is 0. The first-order chi connectivity index (χ1) is 5.46. The van der Waals surface area contributed by atoms with Crippen molar-refractivity contribution in [1.29, 1.82) is 0 Å². The minimum atomic E-state index is -5.17. The van der Waals surface area contributed by atoms with Crippen molar-refractivity contribution in [2.75, 3.05) is 0 Å². The van der Waals surface area contributed by atoms with E-state index in [4.69, 9.17) is 46.6 Å². The molecule has 0 aliphatic heterocycles. The molecule has 0 saturated heterocycles. The molecule has 0 spiro atoms. The van der Waals surface area contributed by atoms with Crippen LogP contribution in [0.3, 0.4) is 0 Å². The van der Waals surface area contributed by atoms with E-state index < -0.39 is 25.7 Å². The fourth-order valence-electron chi connectivity index (χ4n) is 0. The average Bonchev–Trinajstić information content (AvgIpc) is 1.50. The quantitative estimate of drug-likeness (QED) is 0.206. The molecule has 0 aromatic heterocycles. The Hall–Kier alpha value is 3.44. The molecule has 0 aromatic carbocycles. The van der Waals surface area contributed by atoms with Crippen molar-refractivity contribution >= 4 is 80.8 Å². The van der Waals surface area contributed by atoms with Crippen LogP contribution in [-0.2, 0) is 14.9 Å². The van der Waals surface area contributed by atoms with Gasteiger partial charge in [-0.2, -0.15) is 0 Å². The number of halogens is 1. The summed E-state index contributed by atoms with van der Waals surface area (Å²) in [5.41, 5.74) is 0. The molecule has 0 heterocycles. The molecule has 19 heavy (non-hydrogen) atoms. The molecule has 0 unspecified atom stereocenters. The summed E-state index contributed by atoms with van der Waals surface area (Å²) in [4.78, 5) is 25.4. The maximum absolute atomic E-state index is 8.52. The van der Waals surface area contributed by atoms with Gasteiger partial charge in [0.25, 0.3) is 0 Å². The van der Waals surface area contributed by atoms with Gasteiger partial charge in [0.15, 0.2) is 0 Å². The minimum Gasteiger partial charge on any atom is -1.00 e. The van der Waals surface area contributed by atoms with Crippen LogP contribution in [0.1, 0.15) is 0 Å². The van der Waals surface area contributed by atoms with Crippen LogP contribution in [0.2, 0.25) is 0 Å². The number of hydrogen-bond donors (Lipinski definition) is 0. The van der Waals surface area contributed by atoms with Crippen LogP contribution < -0.4 is 113 Å². The van der Waals surface area contributed by atoms with Crippen molar-refractivity contribution in [3.8, 4) is 0 Å². The Kier molecular flexibility index (Phi) is 113. The van der Waals surface area contributed by atoms with Crippen LogP contribution in [0.25, 0.3) is 0 Å². The maximum Gasteiger partial charge on any atom is 3.00 e. The summed E-state index contributed by atoms with van der Waals surface area (Å²) in [5.74, 6) is 0. The normalized spacial score (nSPS) is 5.58. The van der Waals surface area contributed by atoms with Gasteiger partial charge in [-0.1, -0.05) is 0 Å². The van der Waals surface area contributed by atoms with Gasteiger partial charge in [-0.05, 0) is 6.16 Å². The van der Waals surface area contributed by atoms with E-state index in [1.165, 1.54) is 0 Å². The topological polar surface area (TPSA) is 238 Å². The molecular formula is CH2AlCaClKNaO11SSi. The Morgan fingerprint density at radius 1 is 1.05 bits per heavy atom. The van der Waals surface area contributed by atoms with Gasteiger partial charge < -0.3 is 56.0 Å². The Balaban J connectivity index is -0.00000000980. The van der Waals surface area contributed by atoms with E-state index >= 15 is 0 Å². The molecule has 0 fully saturated rings. The van der Waals surface area contributed by atoms with Crippen molar-refractivity contribution in [3.05, 3.63) is 0 Å². The summed E-state index contributed by atoms with van der Waals surface area (Å²) in [7, 11) is -8.80. The van der Waals surface area contributed by atoms with Crippen molar-refractivity contribution in [2.45, 2.75) is 0 Å². The monoisotopic (exact) mass is 414 g/mol. The molecule has 2 N–H and O–H groups in total. The molecule has 0 aromatic rings. The van der Waals surface area contributed by atoms with Crippen LogP contribution >= 0.6 is 0 Å². The van der Waals surface area contributed by atoms with Gasteiger partial charge in [-0.3, -0.25) is 8.42 Å². The summed E-state index contributed by atoms with van der Waals surface area (Å²) in [5, 5.41) is 16.7. The summed E-state index contributed by atoms with van der Waals surface area (Å²) < 4.78 is 42.6. The molecule has 0 amide bonds. The van der Waals surface area contributed by atoms with Crippen LogP contribution in [-0.4, -0.2) is 93.4 Å². The van der Waals surface area contributed by atoms with E-state index in [9.17, 15) is 0 Å². The Bertz CT molecular complexity index is 237. The van der Waals surface area contributed by atoms with Gasteiger partial charge in [0.1, 0.15) is 0 Å². The van der Waals surface area contributed by atoms with E-state index in [1.54, 1.807) is 0 Å². The van der Waals surface area contributed by atoms with Crippen LogP contribution in [0.4, 0.5) is 4.79 Å². The van der Waals surface area contributed by atoms with Gasteiger partial charge in [0, 0.05) is 19.6 Å². The molecule has 0 radical (unpaired) electrons. The molecule has 0 atom stereocenters. The first-order valence-corrected chi connectivity index (χ1v) is 4.45. The zero-order chi connectivity index (χ0) is 11.7. The van der Waals surface area contributed by atoms with E-state index in [1.807, 2.05) is 0 Å². The zero-order valence-electron chi connectivity index (χ0n) is 9.65. The molecule has 0 saturated carbocycles. The second-order valence-corrected chi connectivity index (χ2v) is 2.22. The van der Waals surface area contributed by atoms with Crippen molar-refractivity contribution in [3.63, 3.8) is 0 Å². The van der Waals surface area contributed by atoms with Gasteiger partial charge in [-0.15, -0.1) is 0 Å². The van der Waals surface area contributed by atoms with Crippen LogP contribution in [0, 0.1) is 0 Å². The number of carbonyl (C=O) groups excluding carboxylic acids is 1. The summed E-state index contributed by atoms with van der Waals surface area (Å²) >= 11 is 0. The van der Waals surface area contributed by atoms with Gasteiger partial charge >= 0.3 is 136 Å². The number of rotatable bonds is 0. The molecule has 11 nitrogen and oxygen atoms in total. The third-order valence-corrected chi connectivity index (χ3v) is 0. The fraction of sp³-hybridized carbons (Fsp3) is 0. The van der Waals surface area contributed by atoms with Crippen molar-refractivity contribution in [2.24, 2.45) is 0 Å². The molecule has 0 rings (SSSR count). The van der Waals surface area contributed by atoms with Crippen LogP contribution in [0.5, 0.6) is 0 Å². The SMILES string of the molecule is O.O=C([O-])[O-].O=S(=O)([O-])[O-].O=[Si]([O-])[O-].[Al+3].[Ca+2].[Cl-].[K+].[Na+]. The first-order valence-electron chi connectivity index (χ1n) is 1.89. The molecule has 96 valence electrons. The van der Waals surface area contributed by atoms with Crippen molar-refractivity contribution < 1.29 is 145 Å². The Morgan fingerprint density at radius 2 is 1.05 bits per heavy atom. The first kappa shape index (κ1) is 57.1. The Labute approximate surface area is 221 Å². The molecule has 18 heteroatoms. The predicted molar refractivity (Wildman–Crippen MR) is 37.4 cm³/mol. The molecule has 0 aliphatic rings. The van der Waals surface area contributed by atoms with Crippen molar-refractivity contribution in [1.82, 2.24) is 0 Å². The van der Waals surface area contributed by atoms with E-state index in [2.05, 4.69) is 0 Å². The standard InChI is InChI=1S/CH2O3.Al.Ca.ClH.K.Na.H2O4S.O3Si.H2O/c2-1(3)4;;;;;;1-5(2,3)4;1-4(2)3;/h(H2,2,3,4);;;1H;;;(H2,1,2,3,4);;1H2/q;+3;+2;;2*+1;;-2;/p-5. The molecule has 0 aliphatic carbocycles. The molecule has 0 bridgehead atoms. The summed E-state index contributed by atoms with van der Waals surface area (Å²) in [6.07, 6.45) is -2.33. The van der Waals surface area contributed by atoms with E-state index in [0.29, 0.717) is 0 Å². The largest absolute Gasteiger partial charge is 3.00 e. The minimum absolute atomic E-state index is 0. The second kappa shape index (κ2) is 37.6. The summed E-state index contributed by atoms with van der Waals surface area (Å²) in [6.45, 7) is 0. The maximum atomic E-state index is 8.52. The van der Waals surface area contributed by atoms with Gasteiger partial charge in [-0.25, -0.2) is 0 Å². The predicted octanol–water partition coefficient (Wildman–Crippen LogP) is -17.2. The average molecular weight is 415 g/mol. The Morgan fingerprint density at radius 3 is 1.05 bits per heavy atom. The van der Waals surface area contributed by atoms with Crippen LogP contribution in [0.15, 0.2) is 0 Å². The van der Waals surface area contributed by atoms with E-state index in [0.717, 1.165) is 0 Å². The second-order valence-electron chi connectivity index (χ2n) is 0.908. The number of hydrogen-bond acceptors (Lipinski definition) is 10. The van der Waals surface area contributed by atoms with E-state index in [-0.39, 0.29) is 154 Å². The zero-order valence-corrected chi connectivity index (χ0v) is 20.7. The third-order valence-electron chi connectivity index (χ3n) is 0. The van der Waals surface area contributed by atoms with Gasteiger partial charge in [0.2, 0.25) is 0 Å². The number of carbonyl (C=O) groups is 1. The summed E-state index contributed by atoms with van der Waals surface area (Å²) in [6, 6.07) is 0. The third kappa shape index (κ3) is 686. The van der Waals surface area contributed by atoms with Gasteiger partial charge in [0.05, 0.1) is 0 Å². The number of carboxylic acid groups (broad SMARTS) is 2. The molecular weight excluding hydrogens is 413 g/mol. The smallest absolute Gasteiger partial charge is 1.00 e.